The summed E-state index contributed by atoms with van der Waals surface area (Å²) in [5.74, 6) is -0.118. The second kappa shape index (κ2) is 5.85. The topological polar surface area (TPSA) is 69.6 Å². The maximum Gasteiger partial charge on any atom is 0.317 e. The molecule has 1 heterocycles. The lowest BCUT2D eigenvalue weighted by Crippen LogP contribution is -2.54. The molecule has 0 aromatic rings. The fraction of sp³-hybridized carbons (Fsp3) is 0.875. The highest BCUT2D eigenvalue weighted by Crippen LogP contribution is 2.40. The summed E-state index contributed by atoms with van der Waals surface area (Å²) in [4.78, 5) is 25.7. The number of carboxylic acid groups (broad SMARTS) is 1. The van der Waals surface area contributed by atoms with Gasteiger partial charge >= 0.3 is 12.0 Å². The number of carboxylic acids is 1. The Bertz CT molecular complexity index is 408. The van der Waals surface area contributed by atoms with Crippen LogP contribution in [0.3, 0.4) is 0 Å². The first-order valence-corrected chi connectivity index (χ1v) is 8.11. The summed E-state index contributed by atoms with van der Waals surface area (Å²) < 4.78 is 0. The molecule has 0 spiro atoms. The van der Waals surface area contributed by atoms with Crippen molar-refractivity contribution in [2.45, 2.75) is 64.8 Å². The van der Waals surface area contributed by atoms with Crippen LogP contribution in [0.1, 0.15) is 59.3 Å². The van der Waals surface area contributed by atoms with Gasteiger partial charge in [-0.1, -0.05) is 13.3 Å². The summed E-state index contributed by atoms with van der Waals surface area (Å²) in [5.41, 5.74) is -0.778. The van der Waals surface area contributed by atoms with Gasteiger partial charge in [0.2, 0.25) is 0 Å². The van der Waals surface area contributed by atoms with E-state index in [0.717, 1.165) is 6.42 Å². The molecule has 2 N–H and O–H groups in total. The number of carbonyl (C=O) groups excluding carboxylic acids is 1. The number of nitrogens with zero attached hydrogens (tertiary/aromatic N) is 1. The second-order valence-corrected chi connectivity index (χ2v) is 7.25. The minimum absolute atomic E-state index is 0.0395. The Labute approximate surface area is 127 Å². The molecular formula is C16H28N2O3. The Balaban J connectivity index is 1.90. The molecule has 1 saturated heterocycles. The average Bonchev–Trinajstić information content (AvgIpc) is 3.23. The van der Waals surface area contributed by atoms with Gasteiger partial charge in [-0.15, -0.1) is 0 Å². The molecule has 5 heteroatoms. The van der Waals surface area contributed by atoms with E-state index in [1.165, 1.54) is 12.8 Å². The van der Waals surface area contributed by atoms with Crippen molar-refractivity contribution in [3.05, 3.63) is 0 Å². The molecule has 2 amide bonds. The average molecular weight is 296 g/mol. The van der Waals surface area contributed by atoms with Gasteiger partial charge in [0, 0.05) is 18.6 Å². The van der Waals surface area contributed by atoms with Crippen LogP contribution in [-0.2, 0) is 4.79 Å². The van der Waals surface area contributed by atoms with Crippen molar-refractivity contribution >= 4 is 12.0 Å². The van der Waals surface area contributed by atoms with Gasteiger partial charge in [0.1, 0.15) is 0 Å². The fourth-order valence-corrected chi connectivity index (χ4v) is 3.45. The lowest BCUT2D eigenvalue weighted by Gasteiger charge is -2.40. The summed E-state index contributed by atoms with van der Waals surface area (Å²) in [6, 6.07) is -0.0395. The normalized spacial score (nSPS) is 22.0. The van der Waals surface area contributed by atoms with Crippen LogP contribution in [0.5, 0.6) is 0 Å². The van der Waals surface area contributed by atoms with Gasteiger partial charge in [-0.2, -0.15) is 0 Å². The third kappa shape index (κ3) is 3.50. The van der Waals surface area contributed by atoms with E-state index >= 15 is 0 Å². The fourth-order valence-electron chi connectivity index (χ4n) is 3.45. The SMILES string of the molecule is CCCC1(C(=O)O)CCN(C(=O)NC(C)(C)C2CC2)CC1. The molecule has 2 fully saturated rings. The Hall–Kier alpha value is -1.26. The van der Waals surface area contributed by atoms with E-state index in [0.29, 0.717) is 38.3 Å². The van der Waals surface area contributed by atoms with E-state index in [4.69, 9.17) is 0 Å². The van der Waals surface area contributed by atoms with Crippen molar-refractivity contribution in [1.82, 2.24) is 10.2 Å². The zero-order valence-corrected chi connectivity index (χ0v) is 13.4. The number of urea groups is 1. The van der Waals surface area contributed by atoms with E-state index < -0.39 is 11.4 Å². The Morgan fingerprint density at radius 3 is 2.29 bits per heavy atom. The van der Waals surface area contributed by atoms with Gasteiger partial charge in [0.05, 0.1) is 5.41 Å². The van der Waals surface area contributed by atoms with Crippen LogP contribution in [0.2, 0.25) is 0 Å². The first kappa shape index (κ1) is 16.1. The van der Waals surface area contributed by atoms with Crippen molar-refractivity contribution < 1.29 is 14.7 Å². The lowest BCUT2D eigenvalue weighted by molar-refractivity contribution is -0.152. The number of amides is 2. The van der Waals surface area contributed by atoms with Gasteiger partial charge in [0.25, 0.3) is 0 Å². The highest BCUT2D eigenvalue weighted by molar-refractivity contribution is 5.77. The van der Waals surface area contributed by atoms with E-state index in [1.54, 1.807) is 4.90 Å². The molecule has 120 valence electrons. The monoisotopic (exact) mass is 296 g/mol. The van der Waals surface area contributed by atoms with Crippen LogP contribution in [0.4, 0.5) is 4.79 Å². The van der Waals surface area contributed by atoms with Crippen LogP contribution in [0.25, 0.3) is 0 Å². The van der Waals surface area contributed by atoms with Crippen LogP contribution in [-0.4, -0.2) is 40.6 Å². The second-order valence-electron chi connectivity index (χ2n) is 7.25. The molecule has 0 unspecified atom stereocenters. The number of rotatable bonds is 5. The molecule has 0 radical (unpaired) electrons. The number of likely N-dealkylation sites (tertiary alicyclic amines) is 1. The number of hydrogen-bond acceptors (Lipinski definition) is 2. The Kier molecular flexibility index (Phi) is 4.49. The minimum atomic E-state index is -0.706. The van der Waals surface area contributed by atoms with Crippen LogP contribution in [0.15, 0.2) is 0 Å². The van der Waals surface area contributed by atoms with Crippen molar-refractivity contribution in [3.63, 3.8) is 0 Å². The molecule has 0 aromatic heterocycles. The predicted molar refractivity (Wildman–Crippen MR) is 81.1 cm³/mol. The largest absolute Gasteiger partial charge is 0.481 e. The Morgan fingerprint density at radius 2 is 1.86 bits per heavy atom. The molecule has 0 atom stereocenters. The minimum Gasteiger partial charge on any atom is -0.481 e. The number of nitrogens with one attached hydrogen (secondary N) is 1. The van der Waals surface area contributed by atoms with Crippen LogP contribution >= 0.6 is 0 Å². The van der Waals surface area contributed by atoms with Crippen molar-refractivity contribution in [1.29, 1.82) is 0 Å². The summed E-state index contributed by atoms with van der Waals surface area (Å²) in [5, 5.41) is 12.6. The summed E-state index contributed by atoms with van der Waals surface area (Å²) in [7, 11) is 0. The first-order chi connectivity index (χ1) is 9.81. The summed E-state index contributed by atoms with van der Waals surface area (Å²) in [6.45, 7) is 7.25. The van der Waals surface area contributed by atoms with Crippen LogP contribution in [0, 0.1) is 11.3 Å². The smallest absolute Gasteiger partial charge is 0.317 e. The molecule has 2 rings (SSSR count). The first-order valence-electron chi connectivity index (χ1n) is 8.11. The lowest BCUT2D eigenvalue weighted by atomic mass is 9.75. The standard InChI is InChI=1S/C16H28N2O3/c1-4-7-16(13(19)20)8-10-18(11-9-16)14(21)17-15(2,3)12-5-6-12/h12H,4-11H2,1-3H3,(H,17,21)(H,19,20). The number of aliphatic carboxylic acids is 1. The Morgan fingerprint density at radius 1 is 1.29 bits per heavy atom. The zero-order chi connectivity index (χ0) is 15.7. The van der Waals surface area contributed by atoms with Gasteiger partial charge in [-0.25, -0.2) is 4.79 Å². The molecule has 1 aliphatic heterocycles. The molecule has 5 nitrogen and oxygen atoms in total. The molecule has 21 heavy (non-hydrogen) atoms. The van der Waals surface area contributed by atoms with Gasteiger partial charge in [-0.3, -0.25) is 4.79 Å². The van der Waals surface area contributed by atoms with Crippen molar-refractivity contribution in [3.8, 4) is 0 Å². The van der Waals surface area contributed by atoms with Crippen molar-refractivity contribution in [2.75, 3.05) is 13.1 Å². The molecule has 0 bridgehead atoms. The number of carbonyl (C=O) groups is 2. The van der Waals surface area contributed by atoms with Crippen LogP contribution < -0.4 is 5.32 Å². The van der Waals surface area contributed by atoms with Gasteiger partial charge in [-0.05, 0) is 51.9 Å². The van der Waals surface area contributed by atoms with E-state index in [2.05, 4.69) is 19.2 Å². The molecule has 1 saturated carbocycles. The zero-order valence-electron chi connectivity index (χ0n) is 13.4. The molecular weight excluding hydrogens is 268 g/mol. The third-order valence-electron chi connectivity index (χ3n) is 5.22. The van der Waals surface area contributed by atoms with Gasteiger partial charge in [0.15, 0.2) is 0 Å². The highest BCUT2D eigenvalue weighted by Gasteiger charge is 2.43. The van der Waals surface area contributed by atoms with Gasteiger partial charge < -0.3 is 15.3 Å². The summed E-state index contributed by atoms with van der Waals surface area (Å²) >= 11 is 0. The van der Waals surface area contributed by atoms with E-state index in [-0.39, 0.29) is 11.6 Å². The highest BCUT2D eigenvalue weighted by atomic mass is 16.4. The maximum absolute atomic E-state index is 12.4. The van der Waals surface area contributed by atoms with E-state index in [9.17, 15) is 14.7 Å². The number of piperidine rings is 1. The molecule has 0 aromatic carbocycles. The maximum atomic E-state index is 12.4. The number of hydrogen-bond donors (Lipinski definition) is 2. The molecule has 1 aliphatic carbocycles. The summed E-state index contributed by atoms with van der Waals surface area (Å²) in [6.07, 6.45) is 5.07. The molecule has 2 aliphatic rings. The quantitative estimate of drug-likeness (QED) is 0.819. The third-order valence-corrected chi connectivity index (χ3v) is 5.22. The van der Waals surface area contributed by atoms with E-state index in [1.807, 2.05) is 6.92 Å². The predicted octanol–water partition coefficient (Wildman–Crippen LogP) is 2.85. The van der Waals surface area contributed by atoms with Crippen molar-refractivity contribution in [2.24, 2.45) is 11.3 Å².